The van der Waals surface area contributed by atoms with Gasteiger partial charge in [-0.15, -0.1) is 11.8 Å². The number of Topliss-reactive ketones (excluding diaryl/α,β-unsaturated/α-hetero) is 1. The molecule has 0 saturated carbocycles. The zero-order valence-corrected chi connectivity index (χ0v) is 8.25. The van der Waals surface area contributed by atoms with Gasteiger partial charge in [-0.25, -0.2) is 9.37 Å². The Labute approximate surface area is 86.7 Å². The maximum Gasteiger partial charge on any atom is 0.454 e. The van der Waals surface area contributed by atoms with Crippen LogP contribution in [0.1, 0.15) is 10.4 Å². The van der Waals surface area contributed by atoms with E-state index in [1.807, 2.05) is 0 Å². The first-order valence-corrected chi connectivity index (χ1v) is 4.90. The summed E-state index contributed by atoms with van der Waals surface area (Å²) in [6, 6.07) is 0.713. The number of ketones is 1. The quantitative estimate of drug-likeness (QED) is 0.451. The molecule has 0 N–H and O–H groups in total. The summed E-state index contributed by atoms with van der Waals surface area (Å²) in [5.74, 6) is -3.43. The fraction of sp³-hybridized carbons (Fsp3) is 0.250. The molecule has 0 bridgehead atoms. The summed E-state index contributed by atoms with van der Waals surface area (Å²) in [6.45, 7) is 0. The van der Waals surface area contributed by atoms with Crippen molar-refractivity contribution in [3.8, 4) is 0 Å². The molecule has 0 unspecified atom stereocenters. The third-order valence-electron chi connectivity index (χ3n) is 1.55. The number of rotatable bonds is 2. The summed E-state index contributed by atoms with van der Waals surface area (Å²) < 4.78 is 49.3. The van der Waals surface area contributed by atoms with Crippen molar-refractivity contribution in [2.75, 3.05) is 6.26 Å². The smallest absolute Gasteiger partial charge is 0.284 e. The molecule has 0 amide bonds. The molecule has 0 aliphatic heterocycles. The van der Waals surface area contributed by atoms with Crippen molar-refractivity contribution in [3.05, 3.63) is 23.6 Å². The Bertz CT molecular complexity index is 391. The SMILES string of the molecule is CSc1nccc(C(=O)C(F)(F)F)c1F. The van der Waals surface area contributed by atoms with Crippen LogP contribution in [0.5, 0.6) is 0 Å². The zero-order valence-electron chi connectivity index (χ0n) is 7.43. The van der Waals surface area contributed by atoms with Crippen LogP contribution in [0.2, 0.25) is 0 Å². The second-order valence-electron chi connectivity index (χ2n) is 2.51. The molecule has 0 radical (unpaired) electrons. The number of hydrogen-bond acceptors (Lipinski definition) is 3. The lowest BCUT2D eigenvalue weighted by atomic mass is 10.1. The van der Waals surface area contributed by atoms with Crippen molar-refractivity contribution >= 4 is 17.5 Å². The molecule has 1 heterocycles. The Hall–Kier alpha value is -1.11. The highest BCUT2D eigenvalue weighted by atomic mass is 32.2. The molecule has 0 saturated heterocycles. The summed E-state index contributed by atoms with van der Waals surface area (Å²) in [6.07, 6.45) is -2.65. The number of nitrogens with zero attached hydrogens (tertiary/aromatic N) is 1. The predicted octanol–water partition coefficient (Wildman–Crippen LogP) is 2.69. The van der Waals surface area contributed by atoms with Crippen LogP contribution in [0.25, 0.3) is 0 Å². The van der Waals surface area contributed by atoms with E-state index >= 15 is 0 Å². The lowest BCUT2D eigenvalue weighted by Gasteiger charge is -2.07. The Morgan fingerprint density at radius 2 is 2.07 bits per heavy atom. The van der Waals surface area contributed by atoms with E-state index in [0.29, 0.717) is 6.07 Å². The Morgan fingerprint density at radius 1 is 1.47 bits per heavy atom. The first-order chi connectivity index (χ1) is 6.88. The number of thioether (sulfide) groups is 1. The van der Waals surface area contributed by atoms with Crippen molar-refractivity contribution in [1.29, 1.82) is 0 Å². The standard InChI is InChI=1S/C8H5F4NOS/c1-15-7-5(9)4(2-3-13-7)6(14)8(10,11)12/h2-3H,1H3. The van der Waals surface area contributed by atoms with E-state index in [0.717, 1.165) is 18.0 Å². The summed E-state index contributed by atoms with van der Waals surface area (Å²) in [4.78, 5) is 14.2. The van der Waals surface area contributed by atoms with Crippen LogP contribution in [0, 0.1) is 5.82 Å². The van der Waals surface area contributed by atoms with Gasteiger partial charge < -0.3 is 0 Å². The monoisotopic (exact) mass is 239 g/mol. The zero-order chi connectivity index (χ0) is 11.6. The fourth-order valence-electron chi connectivity index (χ4n) is 0.895. The van der Waals surface area contributed by atoms with Crippen LogP contribution in [-0.2, 0) is 0 Å². The molecule has 1 aromatic heterocycles. The first-order valence-electron chi connectivity index (χ1n) is 3.68. The molecule has 0 aliphatic rings. The summed E-state index contributed by atoms with van der Waals surface area (Å²) in [5, 5.41) is -0.231. The lowest BCUT2D eigenvalue weighted by Crippen LogP contribution is -2.24. The molecule has 1 rings (SSSR count). The third-order valence-corrected chi connectivity index (χ3v) is 2.22. The Morgan fingerprint density at radius 3 is 2.53 bits per heavy atom. The Kier molecular flexibility index (Phi) is 3.33. The fourth-order valence-corrected chi connectivity index (χ4v) is 1.35. The molecule has 0 fully saturated rings. The van der Waals surface area contributed by atoms with Gasteiger partial charge in [0.15, 0.2) is 5.82 Å². The topological polar surface area (TPSA) is 30.0 Å². The van der Waals surface area contributed by atoms with Gasteiger partial charge in [0.2, 0.25) is 0 Å². The highest BCUT2D eigenvalue weighted by Crippen LogP contribution is 2.26. The van der Waals surface area contributed by atoms with Crippen molar-refractivity contribution in [1.82, 2.24) is 4.98 Å². The van der Waals surface area contributed by atoms with Gasteiger partial charge in [0.25, 0.3) is 5.78 Å². The van der Waals surface area contributed by atoms with Crippen molar-refractivity contribution in [2.24, 2.45) is 0 Å². The van der Waals surface area contributed by atoms with Gasteiger partial charge in [-0.1, -0.05) is 0 Å². The number of carbonyl (C=O) groups is 1. The van der Waals surface area contributed by atoms with Crippen molar-refractivity contribution < 1.29 is 22.4 Å². The third kappa shape index (κ3) is 2.47. The van der Waals surface area contributed by atoms with Crippen molar-refractivity contribution in [2.45, 2.75) is 11.2 Å². The lowest BCUT2D eigenvalue weighted by molar-refractivity contribution is -0.0888. The van der Waals surface area contributed by atoms with Gasteiger partial charge in [-0.2, -0.15) is 13.2 Å². The molecule has 0 aliphatic carbocycles. The van der Waals surface area contributed by atoms with E-state index in [9.17, 15) is 22.4 Å². The number of halogens is 4. The number of hydrogen-bond donors (Lipinski definition) is 0. The average molecular weight is 239 g/mol. The highest BCUT2D eigenvalue weighted by molar-refractivity contribution is 7.98. The van der Waals surface area contributed by atoms with Gasteiger partial charge >= 0.3 is 6.18 Å². The first kappa shape index (κ1) is 12.0. The molecule has 0 atom stereocenters. The molecule has 7 heteroatoms. The average Bonchev–Trinajstić information content (AvgIpc) is 2.16. The molecular weight excluding hydrogens is 234 g/mol. The van der Waals surface area contributed by atoms with Crippen LogP contribution < -0.4 is 0 Å². The number of alkyl halides is 3. The summed E-state index contributed by atoms with van der Waals surface area (Å²) in [7, 11) is 0. The van der Waals surface area contributed by atoms with Gasteiger partial charge in [0, 0.05) is 6.20 Å². The van der Waals surface area contributed by atoms with E-state index in [1.165, 1.54) is 6.26 Å². The van der Waals surface area contributed by atoms with E-state index in [4.69, 9.17) is 0 Å². The number of carbonyl (C=O) groups excluding carboxylic acids is 1. The molecular formula is C8H5F4NOS. The maximum absolute atomic E-state index is 13.2. The molecule has 82 valence electrons. The van der Waals surface area contributed by atoms with Crippen LogP contribution in [0.4, 0.5) is 17.6 Å². The number of pyridine rings is 1. The Balaban J connectivity index is 3.22. The van der Waals surface area contributed by atoms with Crippen LogP contribution in [0.3, 0.4) is 0 Å². The van der Waals surface area contributed by atoms with Crippen molar-refractivity contribution in [3.63, 3.8) is 0 Å². The number of aromatic nitrogens is 1. The van der Waals surface area contributed by atoms with E-state index in [2.05, 4.69) is 4.98 Å². The minimum absolute atomic E-state index is 0.231. The van der Waals surface area contributed by atoms with Gasteiger partial charge in [0.1, 0.15) is 5.03 Å². The molecule has 0 spiro atoms. The summed E-state index contributed by atoms with van der Waals surface area (Å²) in [5.41, 5.74) is -0.998. The van der Waals surface area contributed by atoms with E-state index in [-0.39, 0.29) is 5.03 Å². The molecule has 2 nitrogen and oxygen atoms in total. The minimum Gasteiger partial charge on any atom is -0.284 e. The van der Waals surface area contributed by atoms with E-state index in [1.54, 1.807) is 0 Å². The molecule has 0 aromatic carbocycles. The summed E-state index contributed by atoms with van der Waals surface area (Å²) >= 11 is 0.832. The molecule has 15 heavy (non-hydrogen) atoms. The van der Waals surface area contributed by atoms with E-state index < -0.39 is 23.3 Å². The maximum atomic E-state index is 13.2. The van der Waals surface area contributed by atoms with Gasteiger partial charge in [-0.05, 0) is 12.3 Å². The van der Waals surface area contributed by atoms with Gasteiger partial charge in [-0.3, -0.25) is 4.79 Å². The van der Waals surface area contributed by atoms with Crippen LogP contribution in [-0.4, -0.2) is 23.2 Å². The second kappa shape index (κ2) is 4.18. The predicted molar refractivity (Wildman–Crippen MR) is 46.4 cm³/mol. The van der Waals surface area contributed by atoms with Crippen LogP contribution in [0.15, 0.2) is 17.3 Å². The second-order valence-corrected chi connectivity index (χ2v) is 3.30. The normalized spacial score (nSPS) is 11.5. The van der Waals surface area contributed by atoms with Gasteiger partial charge in [0.05, 0.1) is 5.56 Å². The van der Waals surface area contributed by atoms with Crippen LogP contribution >= 0.6 is 11.8 Å². The highest BCUT2D eigenvalue weighted by Gasteiger charge is 2.41. The molecule has 1 aromatic rings. The minimum atomic E-state index is -5.07. The largest absolute Gasteiger partial charge is 0.454 e.